The molecular weight excluding hydrogens is 445 g/mol. The number of halogens is 1. The highest BCUT2D eigenvalue weighted by atomic mass is 19.1. The SMILES string of the molecule is Cc1ccc(N2C(=O)[C@@H]3[C@H](C2=O)[C@@H]2c4ccccc4C=NN2[C@H]3C(=O)c2ccc(F)cc2)c(C)c1. The molecule has 7 heteroatoms. The Morgan fingerprint density at radius 2 is 1.63 bits per heavy atom. The van der Waals surface area contributed by atoms with Gasteiger partial charge < -0.3 is 0 Å². The summed E-state index contributed by atoms with van der Waals surface area (Å²) in [5.74, 6) is -3.23. The van der Waals surface area contributed by atoms with E-state index in [4.69, 9.17) is 0 Å². The Bertz CT molecular complexity index is 1430. The van der Waals surface area contributed by atoms with Crippen molar-refractivity contribution in [1.29, 1.82) is 0 Å². The Hall–Kier alpha value is -4.13. The second-order valence-corrected chi connectivity index (χ2v) is 9.37. The standard InChI is InChI=1S/C28H22FN3O3/c1-15-7-12-21(16(2)13-15)31-27(34)22-23(28(31)35)25(26(33)17-8-10-19(29)11-9-17)32-24(22)20-6-4-3-5-18(20)14-30-32/h3-14,22-25H,1-2H3/t22-,23+,24-,25+/m0/s1. The molecule has 0 N–H and O–H groups in total. The minimum absolute atomic E-state index is 0.273. The molecular formula is C28H22FN3O3. The van der Waals surface area contributed by atoms with E-state index >= 15 is 0 Å². The van der Waals surface area contributed by atoms with E-state index in [0.29, 0.717) is 5.69 Å². The zero-order valence-electron chi connectivity index (χ0n) is 19.2. The number of hydrogen-bond acceptors (Lipinski definition) is 5. The van der Waals surface area contributed by atoms with E-state index in [-0.39, 0.29) is 17.3 Å². The molecule has 2 fully saturated rings. The van der Waals surface area contributed by atoms with Gasteiger partial charge in [0, 0.05) is 5.56 Å². The molecule has 2 saturated heterocycles. The van der Waals surface area contributed by atoms with Gasteiger partial charge in [-0.05, 0) is 60.9 Å². The van der Waals surface area contributed by atoms with Crippen LogP contribution in [0.15, 0.2) is 71.8 Å². The molecule has 6 rings (SSSR count). The zero-order valence-corrected chi connectivity index (χ0v) is 19.2. The van der Waals surface area contributed by atoms with Gasteiger partial charge in [0.25, 0.3) is 0 Å². The van der Waals surface area contributed by atoms with Crippen molar-refractivity contribution in [3.05, 3.63) is 100 Å². The fourth-order valence-corrected chi connectivity index (χ4v) is 5.75. The number of Topliss-reactive ketones (excluding diaryl/α,β-unsaturated/α-hetero) is 1. The van der Waals surface area contributed by atoms with Gasteiger partial charge >= 0.3 is 0 Å². The van der Waals surface area contributed by atoms with Gasteiger partial charge in [-0.3, -0.25) is 19.4 Å². The lowest BCUT2D eigenvalue weighted by molar-refractivity contribution is -0.124. The van der Waals surface area contributed by atoms with Gasteiger partial charge in [0.1, 0.15) is 11.9 Å². The average Bonchev–Trinajstić information content (AvgIpc) is 3.32. The van der Waals surface area contributed by atoms with Crippen molar-refractivity contribution in [3.8, 4) is 0 Å². The maximum absolute atomic E-state index is 13.9. The summed E-state index contributed by atoms with van der Waals surface area (Å²) in [4.78, 5) is 42.8. The first-order valence-corrected chi connectivity index (χ1v) is 11.5. The van der Waals surface area contributed by atoms with Crippen LogP contribution in [0, 0.1) is 31.5 Å². The average molecular weight is 468 g/mol. The van der Waals surface area contributed by atoms with Gasteiger partial charge in [-0.1, -0.05) is 42.0 Å². The molecule has 3 aromatic carbocycles. The highest BCUT2D eigenvalue weighted by molar-refractivity contribution is 6.25. The Labute approximate surface area is 201 Å². The molecule has 6 nitrogen and oxygen atoms in total. The number of nitrogens with zero attached hydrogens (tertiary/aromatic N) is 3. The van der Waals surface area contributed by atoms with Crippen molar-refractivity contribution in [2.75, 3.05) is 4.90 Å². The summed E-state index contributed by atoms with van der Waals surface area (Å²) < 4.78 is 13.5. The van der Waals surface area contributed by atoms with Crippen LogP contribution in [0.25, 0.3) is 0 Å². The van der Waals surface area contributed by atoms with Crippen LogP contribution in [0.1, 0.15) is 38.7 Å². The maximum Gasteiger partial charge on any atom is 0.240 e. The number of rotatable bonds is 3. The molecule has 0 radical (unpaired) electrons. The van der Waals surface area contributed by atoms with Crippen LogP contribution in [0.5, 0.6) is 0 Å². The molecule has 3 aliphatic heterocycles. The van der Waals surface area contributed by atoms with Crippen molar-refractivity contribution < 1.29 is 18.8 Å². The maximum atomic E-state index is 13.9. The van der Waals surface area contributed by atoms with E-state index in [2.05, 4.69) is 5.10 Å². The Morgan fingerprint density at radius 3 is 2.37 bits per heavy atom. The van der Waals surface area contributed by atoms with Gasteiger partial charge in [-0.25, -0.2) is 9.29 Å². The van der Waals surface area contributed by atoms with Crippen LogP contribution >= 0.6 is 0 Å². The Morgan fingerprint density at radius 1 is 0.914 bits per heavy atom. The largest absolute Gasteiger partial charge is 0.292 e. The fraction of sp³-hybridized carbons (Fsp3) is 0.214. The number of carbonyl (C=O) groups is 3. The third-order valence-corrected chi connectivity index (χ3v) is 7.28. The Kier molecular flexibility index (Phi) is 4.71. The van der Waals surface area contributed by atoms with Gasteiger partial charge in [0.05, 0.1) is 29.8 Å². The van der Waals surface area contributed by atoms with Crippen LogP contribution in [0.2, 0.25) is 0 Å². The minimum atomic E-state index is -0.979. The molecule has 0 bridgehead atoms. The highest BCUT2D eigenvalue weighted by Gasteiger charge is 2.65. The molecule has 0 spiro atoms. The summed E-state index contributed by atoms with van der Waals surface area (Å²) in [5, 5.41) is 6.16. The monoisotopic (exact) mass is 467 g/mol. The quantitative estimate of drug-likeness (QED) is 0.428. The van der Waals surface area contributed by atoms with Crippen molar-refractivity contribution in [2.24, 2.45) is 16.9 Å². The highest BCUT2D eigenvalue weighted by Crippen LogP contribution is 2.53. The van der Waals surface area contributed by atoms with Gasteiger partial charge in [0.15, 0.2) is 5.78 Å². The molecule has 0 saturated carbocycles. The van der Waals surface area contributed by atoms with Crippen LogP contribution in [-0.2, 0) is 9.59 Å². The summed E-state index contributed by atoms with van der Waals surface area (Å²) in [5.41, 5.74) is 4.36. The molecule has 0 unspecified atom stereocenters. The predicted octanol–water partition coefficient (Wildman–Crippen LogP) is 4.20. The smallest absolute Gasteiger partial charge is 0.240 e. The van der Waals surface area contributed by atoms with Gasteiger partial charge in [-0.15, -0.1) is 0 Å². The molecule has 35 heavy (non-hydrogen) atoms. The lowest BCUT2D eigenvalue weighted by Gasteiger charge is -2.34. The summed E-state index contributed by atoms with van der Waals surface area (Å²) in [6.45, 7) is 3.82. The summed E-state index contributed by atoms with van der Waals surface area (Å²) in [7, 11) is 0. The zero-order chi connectivity index (χ0) is 24.4. The molecule has 2 amide bonds. The minimum Gasteiger partial charge on any atom is -0.292 e. The van der Waals surface area contributed by atoms with Crippen LogP contribution in [0.3, 0.4) is 0 Å². The van der Waals surface area contributed by atoms with Gasteiger partial charge in [-0.2, -0.15) is 5.10 Å². The lowest BCUT2D eigenvalue weighted by atomic mass is 9.83. The van der Waals surface area contributed by atoms with Gasteiger partial charge in [0.2, 0.25) is 11.8 Å². The number of imide groups is 1. The molecule has 4 atom stereocenters. The number of carbonyl (C=O) groups excluding carboxylic acids is 3. The summed E-state index contributed by atoms with van der Waals surface area (Å²) >= 11 is 0. The normalized spacial score (nSPS) is 24.4. The van der Waals surface area contributed by atoms with E-state index in [1.54, 1.807) is 17.3 Å². The van der Waals surface area contributed by atoms with Crippen LogP contribution in [0.4, 0.5) is 10.1 Å². The molecule has 3 aliphatic rings. The van der Waals surface area contributed by atoms with E-state index in [9.17, 15) is 18.8 Å². The molecule has 3 heterocycles. The van der Waals surface area contributed by atoms with Crippen LogP contribution in [-0.4, -0.2) is 34.9 Å². The first-order chi connectivity index (χ1) is 16.9. The van der Waals surface area contributed by atoms with E-state index in [1.165, 1.54) is 29.2 Å². The number of fused-ring (bicyclic) bond motifs is 5. The molecule has 174 valence electrons. The molecule has 3 aromatic rings. The lowest BCUT2D eigenvalue weighted by Crippen LogP contribution is -2.44. The van der Waals surface area contributed by atoms with Crippen molar-refractivity contribution in [1.82, 2.24) is 5.01 Å². The number of benzene rings is 3. The van der Waals surface area contributed by atoms with Crippen LogP contribution < -0.4 is 4.90 Å². The second kappa shape index (κ2) is 7.70. The molecule has 0 aromatic heterocycles. The summed E-state index contributed by atoms with van der Waals surface area (Å²) in [6.07, 6.45) is 1.66. The topological polar surface area (TPSA) is 70.1 Å². The number of hydrazone groups is 1. The van der Waals surface area contributed by atoms with Crippen molar-refractivity contribution in [2.45, 2.75) is 25.9 Å². The first-order valence-electron chi connectivity index (χ1n) is 11.5. The van der Waals surface area contributed by atoms with Crippen molar-refractivity contribution >= 4 is 29.5 Å². The van der Waals surface area contributed by atoms with E-state index in [1.807, 2.05) is 50.2 Å². The van der Waals surface area contributed by atoms with Crippen molar-refractivity contribution in [3.63, 3.8) is 0 Å². The number of aryl methyl sites for hydroxylation is 2. The third kappa shape index (κ3) is 3.07. The summed E-state index contributed by atoms with van der Waals surface area (Å²) in [6, 6.07) is 16.9. The van der Waals surface area contributed by atoms with E-state index in [0.717, 1.165) is 22.3 Å². The predicted molar refractivity (Wildman–Crippen MR) is 129 cm³/mol. The number of amides is 2. The number of ketones is 1. The number of anilines is 1. The molecule has 0 aliphatic carbocycles. The second-order valence-electron chi connectivity index (χ2n) is 9.37. The third-order valence-electron chi connectivity index (χ3n) is 7.28. The number of hydrogen-bond donors (Lipinski definition) is 0. The Balaban J connectivity index is 1.50. The fourth-order valence-electron chi connectivity index (χ4n) is 5.75. The first kappa shape index (κ1) is 21.4. The van der Waals surface area contributed by atoms with E-state index < -0.39 is 35.6 Å².